The molecular weight excluding hydrogens is 196 g/mol. The molecule has 1 aromatic heterocycles. The highest BCUT2D eigenvalue weighted by Gasteiger charge is 2.32. The molecule has 82 valence electrons. The Labute approximate surface area is 87.7 Å². The van der Waals surface area contributed by atoms with Crippen LogP contribution in [0.4, 0.5) is 0 Å². The molecule has 1 aromatic rings. The van der Waals surface area contributed by atoms with Gasteiger partial charge in [0.15, 0.2) is 5.69 Å². The minimum Gasteiger partial charge on any atom is -0.476 e. The highest BCUT2D eigenvalue weighted by atomic mass is 16.5. The molecule has 0 bridgehead atoms. The quantitative estimate of drug-likeness (QED) is 0.790. The molecule has 15 heavy (non-hydrogen) atoms. The summed E-state index contributed by atoms with van der Waals surface area (Å²) in [4.78, 5) is 14.9. The van der Waals surface area contributed by atoms with Gasteiger partial charge in [-0.1, -0.05) is 0 Å². The van der Waals surface area contributed by atoms with Gasteiger partial charge in [-0.25, -0.2) is 9.78 Å². The smallest absolute Gasteiger partial charge is 0.356 e. The number of imidazole rings is 1. The first-order valence-corrected chi connectivity index (χ1v) is 5.01. The molecule has 0 unspecified atom stereocenters. The zero-order valence-corrected chi connectivity index (χ0v) is 8.64. The Morgan fingerprint density at radius 2 is 2.47 bits per heavy atom. The van der Waals surface area contributed by atoms with Crippen LogP contribution in [-0.4, -0.2) is 34.3 Å². The molecule has 1 fully saturated rings. The molecule has 1 saturated carbocycles. The van der Waals surface area contributed by atoms with E-state index in [1.165, 1.54) is 0 Å². The van der Waals surface area contributed by atoms with Crippen molar-refractivity contribution < 1.29 is 14.6 Å². The molecule has 0 aliphatic heterocycles. The van der Waals surface area contributed by atoms with Crippen molar-refractivity contribution in [2.75, 3.05) is 13.7 Å². The third kappa shape index (κ3) is 2.02. The Kier molecular flexibility index (Phi) is 2.73. The number of aromatic carboxylic acids is 1. The molecule has 1 aliphatic rings. The number of carboxylic acids is 1. The number of hydrogen-bond donors (Lipinski definition) is 1. The first-order valence-electron chi connectivity index (χ1n) is 5.01. The Hall–Kier alpha value is -1.36. The van der Waals surface area contributed by atoms with E-state index < -0.39 is 5.97 Å². The van der Waals surface area contributed by atoms with Crippen LogP contribution in [-0.2, 0) is 11.3 Å². The molecule has 2 rings (SSSR count). The third-order valence-electron chi connectivity index (χ3n) is 2.58. The molecule has 1 heterocycles. The van der Waals surface area contributed by atoms with Crippen LogP contribution in [0.1, 0.15) is 34.9 Å². The number of hydrogen-bond acceptors (Lipinski definition) is 3. The largest absolute Gasteiger partial charge is 0.476 e. The predicted octanol–water partition coefficient (Wildman–Crippen LogP) is 1.11. The lowest BCUT2D eigenvalue weighted by molar-refractivity contribution is 0.0689. The normalized spacial score (nSPS) is 15.5. The summed E-state index contributed by atoms with van der Waals surface area (Å²) >= 11 is 0. The van der Waals surface area contributed by atoms with Crippen LogP contribution < -0.4 is 0 Å². The number of carbonyl (C=O) groups is 1. The van der Waals surface area contributed by atoms with Crippen LogP contribution >= 0.6 is 0 Å². The first kappa shape index (κ1) is 10.2. The maximum atomic E-state index is 10.9. The van der Waals surface area contributed by atoms with Crippen LogP contribution in [0.5, 0.6) is 0 Å². The van der Waals surface area contributed by atoms with Crippen molar-refractivity contribution in [1.29, 1.82) is 0 Å². The second-order valence-corrected chi connectivity index (χ2v) is 3.74. The molecule has 0 spiro atoms. The van der Waals surface area contributed by atoms with Gasteiger partial charge in [0.05, 0.1) is 18.6 Å². The van der Waals surface area contributed by atoms with Crippen LogP contribution in [0.15, 0.2) is 6.33 Å². The van der Waals surface area contributed by atoms with Gasteiger partial charge in [0.2, 0.25) is 0 Å². The molecular formula is C10H14N2O3. The molecule has 5 nitrogen and oxygen atoms in total. The Bertz CT molecular complexity index is 369. The van der Waals surface area contributed by atoms with Crippen LogP contribution in [0.3, 0.4) is 0 Å². The van der Waals surface area contributed by atoms with Crippen LogP contribution in [0, 0.1) is 0 Å². The average Bonchev–Trinajstić information content (AvgIpc) is 2.95. The average molecular weight is 210 g/mol. The van der Waals surface area contributed by atoms with Crippen molar-refractivity contribution in [2.24, 2.45) is 0 Å². The van der Waals surface area contributed by atoms with E-state index in [1.807, 2.05) is 4.57 Å². The molecule has 1 N–H and O–H groups in total. The summed E-state index contributed by atoms with van der Waals surface area (Å²) in [5.74, 6) is -0.552. The fourth-order valence-electron chi connectivity index (χ4n) is 1.71. The lowest BCUT2D eigenvalue weighted by Crippen LogP contribution is -2.09. The second-order valence-electron chi connectivity index (χ2n) is 3.74. The van der Waals surface area contributed by atoms with E-state index in [-0.39, 0.29) is 5.69 Å². The lowest BCUT2D eigenvalue weighted by Gasteiger charge is -2.06. The van der Waals surface area contributed by atoms with Crippen LogP contribution in [0.25, 0.3) is 0 Å². The molecule has 0 aromatic carbocycles. The van der Waals surface area contributed by atoms with E-state index in [2.05, 4.69) is 4.98 Å². The van der Waals surface area contributed by atoms with Gasteiger partial charge in [-0.3, -0.25) is 0 Å². The molecule has 5 heteroatoms. The SMILES string of the molecule is COCCn1cnc(C(=O)O)c1C1CC1. The summed E-state index contributed by atoms with van der Waals surface area (Å²) in [5, 5.41) is 8.97. The van der Waals surface area contributed by atoms with Crippen LogP contribution in [0.2, 0.25) is 0 Å². The Balaban J connectivity index is 2.25. The van der Waals surface area contributed by atoms with Gasteiger partial charge < -0.3 is 14.4 Å². The number of rotatable bonds is 5. The zero-order valence-electron chi connectivity index (χ0n) is 8.64. The van der Waals surface area contributed by atoms with Crippen molar-refractivity contribution in [3.63, 3.8) is 0 Å². The second kappa shape index (κ2) is 4.02. The van der Waals surface area contributed by atoms with Gasteiger partial charge in [0.25, 0.3) is 0 Å². The van der Waals surface area contributed by atoms with Crippen molar-refractivity contribution >= 4 is 5.97 Å². The van der Waals surface area contributed by atoms with E-state index >= 15 is 0 Å². The minimum atomic E-state index is -0.937. The Morgan fingerprint density at radius 3 is 3.00 bits per heavy atom. The summed E-state index contributed by atoms with van der Waals surface area (Å²) < 4.78 is 6.87. The summed E-state index contributed by atoms with van der Waals surface area (Å²) in [5.41, 5.74) is 1.06. The van der Waals surface area contributed by atoms with Crippen molar-refractivity contribution in [3.05, 3.63) is 17.7 Å². The van der Waals surface area contributed by atoms with Gasteiger partial charge in [0.1, 0.15) is 0 Å². The Morgan fingerprint density at radius 1 is 1.73 bits per heavy atom. The summed E-state index contributed by atoms with van der Waals surface area (Å²) in [7, 11) is 1.63. The molecule has 0 radical (unpaired) electrons. The fraction of sp³-hybridized carbons (Fsp3) is 0.600. The van der Waals surface area contributed by atoms with Crippen molar-refractivity contribution in [1.82, 2.24) is 9.55 Å². The molecule has 0 atom stereocenters. The summed E-state index contributed by atoms with van der Waals surface area (Å²) in [6.07, 6.45) is 3.73. The highest BCUT2D eigenvalue weighted by molar-refractivity contribution is 5.87. The predicted molar refractivity (Wildman–Crippen MR) is 53.0 cm³/mol. The maximum Gasteiger partial charge on any atom is 0.356 e. The van der Waals surface area contributed by atoms with Gasteiger partial charge in [0, 0.05) is 19.6 Å². The number of nitrogens with zero attached hydrogens (tertiary/aromatic N) is 2. The molecule has 0 amide bonds. The van der Waals surface area contributed by atoms with E-state index in [4.69, 9.17) is 9.84 Å². The first-order chi connectivity index (χ1) is 7.24. The van der Waals surface area contributed by atoms with E-state index in [9.17, 15) is 4.79 Å². The number of methoxy groups -OCH3 is 1. The van der Waals surface area contributed by atoms with Gasteiger partial charge in [-0.15, -0.1) is 0 Å². The van der Waals surface area contributed by atoms with Gasteiger partial charge in [-0.2, -0.15) is 0 Å². The highest BCUT2D eigenvalue weighted by Crippen LogP contribution is 2.41. The number of carboxylic acid groups (broad SMARTS) is 1. The molecule has 0 saturated heterocycles. The summed E-state index contributed by atoms with van der Waals surface area (Å²) in [6, 6.07) is 0. The standard InChI is InChI=1S/C10H14N2O3/c1-15-5-4-12-6-11-8(10(13)14)9(12)7-2-3-7/h6-7H,2-5H2,1H3,(H,13,14). The number of aromatic nitrogens is 2. The third-order valence-corrected chi connectivity index (χ3v) is 2.58. The van der Waals surface area contributed by atoms with Gasteiger partial charge >= 0.3 is 5.97 Å². The summed E-state index contributed by atoms with van der Waals surface area (Å²) in [6.45, 7) is 1.25. The monoisotopic (exact) mass is 210 g/mol. The minimum absolute atomic E-state index is 0.202. The van der Waals surface area contributed by atoms with E-state index in [0.29, 0.717) is 19.1 Å². The number of ether oxygens (including phenoxy) is 1. The van der Waals surface area contributed by atoms with Crippen molar-refractivity contribution in [2.45, 2.75) is 25.3 Å². The van der Waals surface area contributed by atoms with Gasteiger partial charge in [-0.05, 0) is 12.8 Å². The van der Waals surface area contributed by atoms with E-state index in [0.717, 1.165) is 18.5 Å². The topological polar surface area (TPSA) is 64.4 Å². The zero-order chi connectivity index (χ0) is 10.8. The molecule has 1 aliphatic carbocycles. The maximum absolute atomic E-state index is 10.9. The van der Waals surface area contributed by atoms with Crippen molar-refractivity contribution in [3.8, 4) is 0 Å². The fourth-order valence-corrected chi connectivity index (χ4v) is 1.71. The lowest BCUT2D eigenvalue weighted by atomic mass is 10.2. The van der Waals surface area contributed by atoms with E-state index in [1.54, 1.807) is 13.4 Å².